The quantitative estimate of drug-likeness (QED) is 0.781. The van der Waals surface area contributed by atoms with E-state index in [0.717, 1.165) is 5.56 Å². The minimum Gasteiger partial charge on any atom is -0.496 e. The summed E-state index contributed by atoms with van der Waals surface area (Å²) >= 11 is 0. The summed E-state index contributed by atoms with van der Waals surface area (Å²) in [4.78, 5) is 28.4. The lowest BCUT2D eigenvalue weighted by Crippen LogP contribution is -2.50. The molecule has 0 radical (unpaired) electrons. The van der Waals surface area contributed by atoms with Crippen LogP contribution in [-0.4, -0.2) is 54.9 Å². The third-order valence-corrected chi connectivity index (χ3v) is 4.28. The van der Waals surface area contributed by atoms with E-state index in [1.165, 1.54) is 0 Å². The molecule has 5 heteroatoms. The van der Waals surface area contributed by atoms with Crippen molar-refractivity contribution in [1.29, 1.82) is 0 Å². The highest BCUT2D eigenvalue weighted by Crippen LogP contribution is 2.20. The minimum absolute atomic E-state index is 0.0788. The zero-order chi connectivity index (χ0) is 18.4. The Morgan fingerprint density at radius 2 is 1.50 bits per heavy atom. The first kappa shape index (κ1) is 17.6. The molecule has 0 spiro atoms. The monoisotopic (exact) mass is 348 g/mol. The lowest BCUT2D eigenvalue weighted by atomic mass is 10.1. The molecule has 2 aromatic rings. The lowest BCUT2D eigenvalue weighted by Gasteiger charge is -2.34. The van der Waals surface area contributed by atoms with Crippen molar-refractivity contribution in [2.75, 3.05) is 33.3 Å². The van der Waals surface area contributed by atoms with Gasteiger partial charge < -0.3 is 14.5 Å². The van der Waals surface area contributed by atoms with Gasteiger partial charge in [-0.3, -0.25) is 9.59 Å². The van der Waals surface area contributed by atoms with E-state index in [-0.39, 0.29) is 11.8 Å². The van der Waals surface area contributed by atoms with Gasteiger partial charge in [0.1, 0.15) is 5.75 Å². The van der Waals surface area contributed by atoms with E-state index in [0.29, 0.717) is 37.5 Å². The van der Waals surface area contributed by atoms with Crippen molar-refractivity contribution in [2.24, 2.45) is 0 Å². The minimum atomic E-state index is -0.210. The van der Waals surface area contributed by atoms with Gasteiger partial charge in [0.15, 0.2) is 0 Å². The van der Waals surface area contributed by atoms with Crippen molar-refractivity contribution < 1.29 is 14.3 Å². The average Bonchev–Trinajstić information content (AvgIpc) is 2.72. The molecule has 1 heterocycles. The number of para-hydroxylation sites is 1. The molecule has 26 heavy (non-hydrogen) atoms. The molecule has 0 aliphatic carbocycles. The van der Waals surface area contributed by atoms with Crippen molar-refractivity contribution in [3.63, 3.8) is 0 Å². The smallest absolute Gasteiger partial charge is 0.298 e. The maximum atomic E-state index is 12.7. The molecule has 1 aliphatic rings. The van der Waals surface area contributed by atoms with Crippen LogP contribution in [0.15, 0.2) is 54.6 Å². The van der Waals surface area contributed by atoms with E-state index < -0.39 is 0 Å². The Labute approximate surface area is 153 Å². The van der Waals surface area contributed by atoms with E-state index in [1.807, 2.05) is 42.5 Å². The van der Waals surface area contributed by atoms with Gasteiger partial charge in [0.25, 0.3) is 11.8 Å². The summed E-state index contributed by atoms with van der Waals surface area (Å²) in [5, 5.41) is 0. The van der Waals surface area contributed by atoms with Crippen LogP contribution < -0.4 is 4.74 Å². The maximum Gasteiger partial charge on any atom is 0.298 e. The molecule has 1 aliphatic heterocycles. The number of carbonyl (C=O) groups excluding carboxylic acids is 2. The molecular formula is C21H20N2O3. The molecule has 2 amide bonds. The topological polar surface area (TPSA) is 49.9 Å². The number of methoxy groups -OCH3 is 1. The number of nitrogens with zero attached hydrogens (tertiary/aromatic N) is 2. The fourth-order valence-electron chi connectivity index (χ4n) is 2.83. The van der Waals surface area contributed by atoms with E-state index in [4.69, 9.17) is 4.74 Å². The molecule has 1 fully saturated rings. The number of hydrogen-bond donors (Lipinski definition) is 0. The van der Waals surface area contributed by atoms with Gasteiger partial charge in [0, 0.05) is 37.7 Å². The Morgan fingerprint density at radius 1 is 0.885 bits per heavy atom. The van der Waals surface area contributed by atoms with Crippen molar-refractivity contribution in [3.05, 3.63) is 65.7 Å². The normalized spacial score (nSPS) is 13.6. The Balaban J connectivity index is 1.60. The van der Waals surface area contributed by atoms with Crippen LogP contribution in [0.5, 0.6) is 5.75 Å². The van der Waals surface area contributed by atoms with Gasteiger partial charge in [-0.15, -0.1) is 0 Å². The summed E-state index contributed by atoms with van der Waals surface area (Å²) in [6.45, 7) is 1.91. The summed E-state index contributed by atoms with van der Waals surface area (Å²) < 4.78 is 5.26. The largest absolute Gasteiger partial charge is 0.496 e. The lowest BCUT2D eigenvalue weighted by molar-refractivity contribution is -0.126. The van der Waals surface area contributed by atoms with Gasteiger partial charge in [-0.1, -0.05) is 36.3 Å². The van der Waals surface area contributed by atoms with Crippen LogP contribution >= 0.6 is 0 Å². The molecule has 3 rings (SSSR count). The number of piperazine rings is 1. The van der Waals surface area contributed by atoms with Gasteiger partial charge in [-0.25, -0.2) is 0 Å². The fourth-order valence-corrected chi connectivity index (χ4v) is 2.83. The predicted molar refractivity (Wildman–Crippen MR) is 98.8 cm³/mol. The number of amides is 2. The van der Waals surface area contributed by atoms with Gasteiger partial charge >= 0.3 is 0 Å². The van der Waals surface area contributed by atoms with Crippen LogP contribution in [0.2, 0.25) is 0 Å². The summed E-state index contributed by atoms with van der Waals surface area (Å²) in [6.07, 6.45) is 0. The van der Waals surface area contributed by atoms with Gasteiger partial charge in [0.2, 0.25) is 0 Å². The fraction of sp³-hybridized carbons (Fsp3) is 0.238. The second-order valence-electron chi connectivity index (χ2n) is 5.90. The first-order valence-electron chi connectivity index (χ1n) is 8.47. The molecule has 0 unspecified atom stereocenters. The standard InChI is InChI=1S/C21H20N2O3/c1-26-19-10-6-5-9-18(19)21(25)23-15-13-22(14-16-23)20(24)12-11-17-7-3-2-4-8-17/h2-10H,13-16H2,1H3. The highest BCUT2D eigenvalue weighted by atomic mass is 16.5. The van der Waals surface area contributed by atoms with Crippen LogP contribution in [0.4, 0.5) is 0 Å². The van der Waals surface area contributed by atoms with Crippen molar-refractivity contribution >= 4 is 11.8 Å². The average molecular weight is 348 g/mol. The first-order valence-corrected chi connectivity index (χ1v) is 8.47. The van der Waals surface area contributed by atoms with E-state index in [2.05, 4.69) is 11.8 Å². The van der Waals surface area contributed by atoms with E-state index >= 15 is 0 Å². The van der Waals surface area contributed by atoms with Gasteiger partial charge in [-0.05, 0) is 24.3 Å². The summed E-state index contributed by atoms with van der Waals surface area (Å²) in [5.74, 6) is 5.83. The van der Waals surface area contributed by atoms with Crippen LogP contribution in [0, 0.1) is 11.8 Å². The molecule has 2 aromatic carbocycles. The van der Waals surface area contributed by atoms with Crippen LogP contribution in [0.1, 0.15) is 15.9 Å². The number of carbonyl (C=O) groups is 2. The van der Waals surface area contributed by atoms with Crippen molar-refractivity contribution in [3.8, 4) is 17.6 Å². The Morgan fingerprint density at radius 3 is 2.19 bits per heavy atom. The Hall–Kier alpha value is -3.26. The van der Waals surface area contributed by atoms with Crippen molar-refractivity contribution in [1.82, 2.24) is 9.80 Å². The van der Waals surface area contributed by atoms with Crippen LogP contribution in [-0.2, 0) is 4.79 Å². The molecule has 0 atom stereocenters. The summed E-state index contributed by atoms with van der Waals surface area (Å²) in [5.41, 5.74) is 1.35. The molecule has 1 saturated heterocycles. The third kappa shape index (κ3) is 4.04. The molecule has 0 N–H and O–H groups in total. The number of hydrogen-bond acceptors (Lipinski definition) is 3. The zero-order valence-electron chi connectivity index (χ0n) is 14.6. The maximum absolute atomic E-state index is 12.7. The molecule has 0 bridgehead atoms. The predicted octanol–water partition coefficient (Wildman–Crippen LogP) is 2.03. The Kier molecular flexibility index (Phi) is 5.55. The second kappa shape index (κ2) is 8.21. The van der Waals surface area contributed by atoms with Crippen molar-refractivity contribution in [2.45, 2.75) is 0 Å². The highest BCUT2D eigenvalue weighted by molar-refractivity contribution is 5.97. The van der Waals surface area contributed by atoms with Gasteiger partial charge in [-0.2, -0.15) is 0 Å². The van der Waals surface area contributed by atoms with Gasteiger partial charge in [0.05, 0.1) is 12.7 Å². The molecule has 5 nitrogen and oxygen atoms in total. The van der Waals surface area contributed by atoms with Crippen LogP contribution in [0.25, 0.3) is 0 Å². The summed E-state index contributed by atoms with van der Waals surface area (Å²) in [7, 11) is 1.55. The van der Waals surface area contributed by atoms with E-state index in [9.17, 15) is 9.59 Å². The van der Waals surface area contributed by atoms with E-state index in [1.54, 1.807) is 29.0 Å². The summed E-state index contributed by atoms with van der Waals surface area (Å²) in [6, 6.07) is 16.6. The second-order valence-corrected chi connectivity index (χ2v) is 5.90. The number of benzene rings is 2. The molecule has 132 valence electrons. The van der Waals surface area contributed by atoms with Crippen LogP contribution in [0.3, 0.4) is 0 Å². The number of ether oxygens (including phenoxy) is 1. The highest BCUT2D eigenvalue weighted by Gasteiger charge is 2.25. The molecule has 0 saturated carbocycles. The zero-order valence-corrected chi connectivity index (χ0v) is 14.6. The molecular weight excluding hydrogens is 328 g/mol. The third-order valence-electron chi connectivity index (χ3n) is 4.28. The Bertz CT molecular complexity index is 844. The first-order chi connectivity index (χ1) is 12.7. The number of rotatable bonds is 2. The molecule has 0 aromatic heterocycles. The SMILES string of the molecule is COc1ccccc1C(=O)N1CCN(C(=O)C#Cc2ccccc2)CC1.